The molecule has 0 saturated heterocycles. The van der Waals surface area contributed by atoms with E-state index in [4.69, 9.17) is 0 Å². The van der Waals surface area contributed by atoms with Gasteiger partial charge < -0.3 is 5.32 Å². The molecule has 1 amide bonds. The number of alkyl halides is 6. The second kappa shape index (κ2) is 5.64. The van der Waals surface area contributed by atoms with Crippen molar-refractivity contribution in [1.29, 1.82) is 0 Å². The van der Waals surface area contributed by atoms with Crippen LogP contribution in [-0.4, -0.2) is 17.6 Å². The molecule has 138 valence electrons. The predicted octanol–water partition coefficient (Wildman–Crippen LogP) is 5.09. The van der Waals surface area contributed by atoms with E-state index in [1.165, 1.54) is 0 Å². The lowest BCUT2D eigenvalue weighted by atomic mass is 9.57. The minimum absolute atomic E-state index is 0.0240. The molecule has 0 spiro atoms. The summed E-state index contributed by atoms with van der Waals surface area (Å²) in [6, 6.07) is 3.81. The Kier molecular flexibility index (Phi) is 4.08. The van der Waals surface area contributed by atoms with Gasteiger partial charge in [0.2, 0.25) is 0 Å². The highest BCUT2D eigenvalue weighted by atomic mass is 19.4. The van der Waals surface area contributed by atoms with E-state index in [0.717, 1.165) is 24.3 Å². The Hall–Kier alpha value is -1.73. The molecule has 3 saturated carbocycles. The van der Waals surface area contributed by atoms with Gasteiger partial charge in [0.05, 0.1) is 11.0 Å². The monoisotopic (exact) mass is 365 g/mol. The molecule has 2 nitrogen and oxygen atoms in total. The van der Waals surface area contributed by atoms with Gasteiger partial charge >= 0.3 is 12.4 Å². The van der Waals surface area contributed by atoms with Crippen LogP contribution in [0.4, 0.5) is 26.3 Å². The molecule has 8 heteroatoms. The van der Waals surface area contributed by atoms with Crippen molar-refractivity contribution in [3.63, 3.8) is 0 Å². The van der Waals surface area contributed by atoms with Gasteiger partial charge in [-0.25, -0.2) is 0 Å². The van der Waals surface area contributed by atoms with E-state index >= 15 is 0 Å². The molecule has 3 fully saturated rings. The summed E-state index contributed by atoms with van der Waals surface area (Å²) in [7, 11) is 0. The van der Waals surface area contributed by atoms with Crippen LogP contribution in [0.2, 0.25) is 0 Å². The van der Waals surface area contributed by atoms with Crippen LogP contribution in [0.1, 0.15) is 54.4 Å². The quantitative estimate of drug-likeness (QED) is 0.727. The van der Waals surface area contributed by atoms with Crippen LogP contribution in [0.5, 0.6) is 0 Å². The highest BCUT2D eigenvalue weighted by molar-refractivity contribution is 5.94. The molecule has 1 aromatic rings. The van der Waals surface area contributed by atoms with Crippen molar-refractivity contribution in [3.05, 3.63) is 35.4 Å². The van der Waals surface area contributed by atoms with E-state index in [2.05, 4.69) is 5.32 Å². The minimum atomic E-state index is -4.48. The maximum atomic E-state index is 13.2. The number of fused-ring (bicyclic) bond motifs is 3. The smallest absolute Gasteiger partial charge is 0.347 e. The summed E-state index contributed by atoms with van der Waals surface area (Å²) in [6.07, 6.45) is -8.09. The normalized spacial score (nSPS) is 29.5. The summed E-state index contributed by atoms with van der Waals surface area (Å²) in [6.45, 7) is 0. The third kappa shape index (κ3) is 3.22. The first-order valence-corrected chi connectivity index (χ1v) is 8.03. The van der Waals surface area contributed by atoms with E-state index < -0.39 is 34.8 Å². The molecule has 0 aliphatic heterocycles. The van der Waals surface area contributed by atoms with Gasteiger partial charge in [-0.1, -0.05) is 0 Å². The fraction of sp³-hybridized carbons (Fsp3) is 0.588. The number of hydrogen-bond donors (Lipinski definition) is 1. The Bertz CT molecular complexity index is 637. The molecule has 0 aromatic heterocycles. The molecule has 0 unspecified atom stereocenters. The number of halogens is 6. The van der Waals surface area contributed by atoms with Crippen molar-refractivity contribution in [2.24, 2.45) is 5.41 Å². The molecule has 0 atom stereocenters. The summed E-state index contributed by atoms with van der Waals surface area (Å²) in [5.41, 5.74) is -3.12. The van der Waals surface area contributed by atoms with Crippen LogP contribution in [0.15, 0.2) is 24.3 Å². The molecule has 3 aliphatic rings. The van der Waals surface area contributed by atoms with Crippen LogP contribution in [0.25, 0.3) is 0 Å². The Morgan fingerprint density at radius 1 is 0.840 bits per heavy atom. The zero-order chi connectivity index (χ0) is 18.5. The molecule has 25 heavy (non-hydrogen) atoms. The van der Waals surface area contributed by atoms with Crippen molar-refractivity contribution >= 4 is 5.91 Å². The topological polar surface area (TPSA) is 29.1 Å². The fourth-order valence-electron chi connectivity index (χ4n) is 3.92. The highest BCUT2D eigenvalue weighted by Crippen LogP contribution is 2.59. The first kappa shape index (κ1) is 18.1. The second-order valence-electron chi connectivity index (χ2n) is 7.09. The second-order valence-corrected chi connectivity index (χ2v) is 7.09. The first-order valence-electron chi connectivity index (χ1n) is 8.03. The molecule has 0 radical (unpaired) electrons. The third-order valence-corrected chi connectivity index (χ3v) is 5.70. The summed E-state index contributed by atoms with van der Waals surface area (Å²) in [5, 5.41) is 2.78. The first-order chi connectivity index (χ1) is 11.5. The zero-order valence-corrected chi connectivity index (χ0v) is 13.2. The number of rotatable bonds is 2. The number of nitrogens with one attached hydrogen (secondary N) is 1. The van der Waals surface area contributed by atoms with E-state index in [-0.39, 0.29) is 44.1 Å². The van der Waals surface area contributed by atoms with Crippen molar-refractivity contribution < 1.29 is 31.1 Å². The Labute approximate surface area is 140 Å². The molecular formula is C17H17F6NO. The number of amides is 1. The van der Waals surface area contributed by atoms with Crippen LogP contribution < -0.4 is 5.32 Å². The van der Waals surface area contributed by atoms with Crippen molar-refractivity contribution in [2.75, 3.05) is 0 Å². The lowest BCUT2D eigenvalue weighted by Gasteiger charge is -2.53. The third-order valence-electron chi connectivity index (χ3n) is 5.70. The van der Waals surface area contributed by atoms with E-state index in [9.17, 15) is 31.1 Å². The molecule has 1 aromatic carbocycles. The molecule has 4 rings (SSSR count). The molecule has 1 N–H and O–H groups in total. The SMILES string of the molecule is O=C(NC12CCC(C(F)(F)F)(CC1)CC2)c1ccc(C(F)(F)F)cc1. The zero-order valence-electron chi connectivity index (χ0n) is 13.2. The summed E-state index contributed by atoms with van der Waals surface area (Å²) >= 11 is 0. The van der Waals surface area contributed by atoms with E-state index in [1.807, 2.05) is 0 Å². The van der Waals surface area contributed by atoms with Crippen LogP contribution in [0.3, 0.4) is 0 Å². The maximum Gasteiger partial charge on any atom is 0.416 e. The molecular weight excluding hydrogens is 348 g/mol. The summed E-state index contributed by atoms with van der Waals surface area (Å²) in [4.78, 5) is 12.3. The van der Waals surface area contributed by atoms with Gasteiger partial charge in [0.15, 0.2) is 0 Å². The molecule has 0 heterocycles. The largest absolute Gasteiger partial charge is 0.416 e. The van der Waals surface area contributed by atoms with Gasteiger partial charge in [0, 0.05) is 11.1 Å². The number of hydrogen-bond acceptors (Lipinski definition) is 1. The van der Waals surface area contributed by atoms with Gasteiger partial charge in [-0.05, 0) is 62.8 Å². The van der Waals surface area contributed by atoms with Crippen LogP contribution in [-0.2, 0) is 6.18 Å². The van der Waals surface area contributed by atoms with E-state index in [1.54, 1.807) is 0 Å². The fourth-order valence-corrected chi connectivity index (χ4v) is 3.92. The molecule has 2 bridgehead atoms. The van der Waals surface area contributed by atoms with Crippen LogP contribution in [0, 0.1) is 5.41 Å². The van der Waals surface area contributed by atoms with Crippen molar-refractivity contribution in [3.8, 4) is 0 Å². The average molecular weight is 365 g/mol. The lowest BCUT2D eigenvalue weighted by molar-refractivity contribution is -0.253. The van der Waals surface area contributed by atoms with Gasteiger partial charge in [-0.2, -0.15) is 26.3 Å². The number of carbonyl (C=O) groups excluding carboxylic acids is 1. The lowest BCUT2D eigenvalue weighted by Crippen LogP contribution is -2.59. The summed E-state index contributed by atoms with van der Waals surface area (Å²) in [5.74, 6) is -0.546. The minimum Gasteiger partial charge on any atom is -0.347 e. The Morgan fingerprint density at radius 2 is 1.32 bits per heavy atom. The van der Waals surface area contributed by atoms with Gasteiger partial charge in [0.1, 0.15) is 0 Å². The van der Waals surface area contributed by atoms with E-state index in [0.29, 0.717) is 0 Å². The number of carbonyl (C=O) groups is 1. The number of benzene rings is 1. The van der Waals surface area contributed by atoms with Gasteiger partial charge in [0.25, 0.3) is 5.91 Å². The van der Waals surface area contributed by atoms with Gasteiger partial charge in [-0.3, -0.25) is 4.79 Å². The highest BCUT2D eigenvalue weighted by Gasteiger charge is 2.61. The summed E-state index contributed by atoms with van der Waals surface area (Å²) < 4.78 is 77.3. The average Bonchev–Trinajstić information content (AvgIpc) is 2.54. The maximum absolute atomic E-state index is 13.2. The standard InChI is InChI=1S/C17H17F6NO/c18-16(19,20)12-3-1-11(2-4-12)13(25)24-15-8-5-14(6-9-15,7-10-15)17(21,22)23/h1-4H,5-10H2,(H,24,25). The molecule has 3 aliphatic carbocycles. The van der Waals surface area contributed by atoms with Crippen molar-refractivity contribution in [1.82, 2.24) is 5.32 Å². The Balaban J connectivity index is 1.69. The van der Waals surface area contributed by atoms with Crippen LogP contribution >= 0.6 is 0 Å². The Morgan fingerprint density at radius 3 is 1.72 bits per heavy atom. The predicted molar refractivity (Wildman–Crippen MR) is 77.8 cm³/mol. The van der Waals surface area contributed by atoms with Crippen molar-refractivity contribution in [2.45, 2.75) is 56.4 Å². The van der Waals surface area contributed by atoms with Gasteiger partial charge in [-0.15, -0.1) is 0 Å².